The van der Waals surface area contributed by atoms with Crippen LogP contribution < -0.4 is 15.4 Å². The molecule has 0 aromatic heterocycles. The van der Waals surface area contributed by atoms with Gasteiger partial charge in [0.15, 0.2) is 5.75 Å². The molecule has 0 fully saturated rings. The number of hydrogen-bond acceptors (Lipinski definition) is 3. The Hall–Kier alpha value is -1.42. The molecule has 1 aliphatic rings. The predicted octanol–water partition coefficient (Wildman–Crippen LogP) is 3.82. The molecule has 1 heterocycles. The summed E-state index contributed by atoms with van der Waals surface area (Å²) in [5.41, 5.74) is 8.60. The summed E-state index contributed by atoms with van der Waals surface area (Å²) in [5.74, 6) is 0.811. The molecular formula is C16H16Cl2N2O. The minimum Gasteiger partial charge on any atom is -0.484 e. The predicted molar refractivity (Wildman–Crippen MR) is 88.6 cm³/mol. The molecule has 0 radical (unpaired) electrons. The van der Waals surface area contributed by atoms with E-state index in [1.54, 1.807) is 12.1 Å². The third-order valence-corrected chi connectivity index (χ3v) is 4.21. The van der Waals surface area contributed by atoms with Gasteiger partial charge in [0.25, 0.3) is 0 Å². The van der Waals surface area contributed by atoms with Gasteiger partial charge in [-0.1, -0.05) is 35.3 Å². The second kappa shape index (κ2) is 5.76. The van der Waals surface area contributed by atoms with Crippen LogP contribution in [0.5, 0.6) is 5.75 Å². The SMILES string of the molecule is CN1CC(CN)Oc2c(-c3cc(Cl)ccc3Cl)cccc21. The third kappa shape index (κ3) is 2.69. The number of fused-ring (bicyclic) bond motifs is 1. The van der Waals surface area contributed by atoms with Gasteiger partial charge in [0.1, 0.15) is 6.10 Å². The number of nitrogens with two attached hydrogens (primary N) is 1. The van der Waals surface area contributed by atoms with E-state index in [2.05, 4.69) is 4.90 Å². The van der Waals surface area contributed by atoms with Crippen LogP contribution in [0.25, 0.3) is 11.1 Å². The zero-order valence-electron chi connectivity index (χ0n) is 11.6. The van der Waals surface area contributed by atoms with Gasteiger partial charge in [-0.25, -0.2) is 0 Å². The van der Waals surface area contributed by atoms with Gasteiger partial charge in [0, 0.05) is 34.8 Å². The molecule has 3 rings (SSSR count). The number of likely N-dealkylation sites (N-methyl/N-ethyl adjacent to an activating group) is 1. The molecule has 0 spiro atoms. The molecular weight excluding hydrogens is 307 g/mol. The van der Waals surface area contributed by atoms with Crippen LogP contribution in [-0.4, -0.2) is 26.2 Å². The summed E-state index contributed by atoms with van der Waals surface area (Å²) < 4.78 is 6.06. The lowest BCUT2D eigenvalue weighted by Crippen LogP contribution is -2.42. The van der Waals surface area contributed by atoms with E-state index in [4.69, 9.17) is 33.7 Å². The smallest absolute Gasteiger partial charge is 0.151 e. The third-order valence-electron chi connectivity index (χ3n) is 3.65. The highest BCUT2D eigenvalue weighted by Gasteiger charge is 2.25. The first-order valence-electron chi connectivity index (χ1n) is 6.76. The van der Waals surface area contributed by atoms with Crippen molar-refractivity contribution in [1.29, 1.82) is 0 Å². The maximum absolute atomic E-state index is 6.33. The van der Waals surface area contributed by atoms with Crippen LogP contribution in [0.4, 0.5) is 5.69 Å². The summed E-state index contributed by atoms with van der Waals surface area (Å²) in [5, 5.41) is 1.29. The molecule has 0 bridgehead atoms. The Kier molecular flexibility index (Phi) is 3.98. The maximum Gasteiger partial charge on any atom is 0.151 e. The average Bonchev–Trinajstić information content (AvgIpc) is 2.49. The van der Waals surface area contributed by atoms with Crippen LogP contribution in [-0.2, 0) is 0 Å². The van der Waals surface area contributed by atoms with Crippen molar-refractivity contribution in [2.75, 3.05) is 25.0 Å². The highest BCUT2D eigenvalue weighted by atomic mass is 35.5. The molecule has 1 unspecified atom stereocenters. The van der Waals surface area contributed by atoms with E-state index in [0.29, 0.717) is 16.6 Å². The summed E-state index contributed by atoms with van der Waals surface area (Å²) in [6.45, 7) is 1.25. The number of nitrogens with zero attached hydrogens (tertiary/aromatic N) is 1. The van der Waals surface area contributed by atoms with E-state index in [0.717, 1.165) is 29.1 Å². The molecule has 0 amide bonds. The lowest BCUT2D eigenvalue weighted by Gasteiger charge is -2.34. The first-order chi connectivity index (χ1) is 10.1. The molecule has 0 saturated carbocycles. The fraction of sp³-hybridized carbons (Fsp3) is 0.250. The second-order valence-corrected chi connectivity index (χ2v) is 5.98. The Morgan fingerprint density at radius 2 is 2.05 bits per heavy atom. The van der Waals surface area contributed by atoms with Crippen LogP contribution in [0.2, 0.25) is 10.0 Å². The van der Waals surface area contributed by atoms with Crippen LogP contribution in [0.15, 0.2) is 36.4 Å². The number of ether oxygens (including phenoxy) is 1. The minimum absolute atomic E-state index is 0.0263. The van der Waals surface area contributed by atoms with E-state index in [-0.39, 0.29) is 6.10 Å². The largest absolute Gasteiger partial charge is 0.484 e. The monoisotopic (exact) mass is 322 g/mol. The summed E-state index contributed by atoms with van der Waals surface area (Å²) >= 11 is 12.4. The van der Waals surface area contributed by atoms with Gasteiger partial charge in [-0.3, -0.25) is 0 Å². The normalized spacial score (nSPS) is 17.3. The Morgan fingerprint density at radius 1 is 1.24 bits per heavy atom. The van der Waals surface area contributed by atoms with Crippen LogP contribution in [0.3, 0.4) is 0 Å². The molecule has 2 N–H and O–H groups in total. The standard InChI is InChI=1S/C16H16Cl2N2O/c1-20-9-11(8-19)21-16-12(3-2-4-15(16)20)13-7-10(17)5-6-14(13)18/h2-7,11H,8-9,19H2,1H3. The van der Waals surface area contributed by atoms with Gasteiger partial charge in [0.2, 0.25) is 0 Å². The van der Waals surface area contributed by atoms with Crippen molar-refractivity contribution in [3.05, 3.63) is 46.4 Å². The van der Waals surface area contributed by atoms with Crippen molar-refractivity contribution >= 4 is 28.9 Å². The second-order valence-electron chi connectivity index (χ2n) is 5.13. The molecule has 2 aromatic carbocycles. The molecule has 2 aromatic rings. The fourth-order valence-electron chi connectivity index (χ4n) is 2.60. The summed E-state index contributed by atoms with van der Waals surface area (Å²) in [4.78, 5) is 2.15. The van der Waals surface area contributed by atoms with E-state index in [1.165, 1.54) is 0 Å². The molecule has 1 aliphatic heterocycles. The molecule has 3 nitrogen and oxygen atoms in total. The lowest BCUT2D eigenvalue weighted by atomic mass is 10.0. The lowest BCUT2D eigenvalue weighted by molar-refractivity contribution is 0.205. The van der Waals surface area contributed by atoms with Crippen molar-refractivity contribution in [1.82, 2.24) is 0 Å². The number of rotatable bonds is 2. The molecule has 1 atom stereocenters. The first-order valence-corrected chi connectivity index (χ1v) is 7.52. The summed E-state index contributed by atoms with van der Waals surface area (Å²) in [6.07, 6.45) is -0.0263. The van der Waals surface area contributed by atoms with Crippen LogP contribution >= 0.6 is 23.2 Å². The Bertz CT molecular complexity index is 675. The number of anilines is 1. The van der Waals surface area contributed by atoms with Crippen LogP contribution in [0.1, 0.15) is 0 Å². The van der Waals surface area contributed by atoms with E-state index in [1.807, 2.05) is 31.3 Å². The summed E-state index contributed by atoms with van der Waals surface area (Å²) in [7, 11) is 2.04. The molecule has 0 aliphatic carbocycles. The van der Waals surface area contributed by atoms with Gasteiger partial charge in [0.05, 0.1) is 12.2 Å². The van der Waals surface area contributed by atoms with E-state index >= 15 is 0 Å². The summed E-state index contributed by atoms with van der Waals surface area (Å²) in [6, 6.07) is 11.4. The van der Waals surface area contributed by atoms with Gasteiger partial charge in [-0.05, 0) is 24.3 Å². The number of hydrogen-bond donors (Lipinski definition) is 1. The van der Waals surface area contributed by atoms with Gasteiger partial charge >= 0.3 is 0 Å². The highest BCUT2D eigenvalue weighted by molar-refractivity contribution is 6.35. The van der Waals surface area contributed by atoms with Gasteiger partial charge < -0.3 is 15.4 Å². The highest BCUT2D eigenvalue weighted by Crippen LogP contribution is 2.43. The fourth-order valence-corrected chi connectivity index (χ4v) is 2.99. The maximum atomic E-state index is 6.33. The van der Waals surface area contributed by atoms with Crippen molar-refractivity contribution in [2.45, 2.75) is 6.10 Å². The van der Waals surface area contributed by atoms with Crippen molar-refractivity contribution in [3.63, 3.8) is 0 Å². The minimum atomic E-state index is -0.0263. The molecule has 21 heavy (non-hydrogen) atoms. The van der Waals surface area contributed by atoms with Crippen molar-refractivity contribution in [2.24, 2.45) is 5.73 Å². The van der Waals surface area contributed by atoms with Gasteiger partial charge in [-0.2, -0.15) is 0 Å². The topological polar surface area (TPSA) is 38.5 Å². The van der Waals surface area contributed by atoms with E-state index in [9.17, 15) is 0 Å². The zero-order chi connectivity index (χ0) is 15.0. The number of halogens is 2. The van der Waals surface area contributed by atoms with Crippen molar-refractivity contribution < 1.29 is 4.74 Å². The molecule has 5 heteroatoms. The van der Waals surface area contributed by atoms with Gasteiger partial charge in [-0.15, -0.1) is 0 Å². The Labute approximate surface area is 134 Å². The van der Waals surface area contributed by atoms with Crippen molar-refractivity contribution in [3.8, 4) is 16.9 Å². The zero-order valence-corrected chi connectivity index (χ0v) is 13.2. The van der Waals surface area contributed by atoms with Crippen LogP contribution in [0, 0.1) is 0 Å². The average molecular weight is 323 g/mol. The molecule has 110 valence electrons. The van der Waals surface area contributed by atoms with E-state index < -0.39 is 0 Å². The molecule has 0 saturated heterocycles. The first kappa shape index (κ1) is 14.5. The quantitative estimate of drug-likeness (QED) is 0.913. The Balaban J connectivity index is 2.17. The number of para-hydroxylation sites is 1. The number of benzene rings is 2. The Morgan fingerprint density at radius 3 is 2.81 bits per heavy atom.